The molecule has 2 aromatic heterocycles. The molecule has 0 aromatic carbocycles. The number of hydrogen-bond acceptors (Lipinski definition) is 4. The zero-order valence-electron chi connectivity index (χ0n) is 10.2. The van der Waals surface area contributed by atoms with E-state index in [4.69, 9.17) is 0 Å². The Morgan fingerprint density at radius 1 is 1.56 bits per heavy atom. The van der Waals surface area contributed by atoms with Gasteiger partial charge in [0.05, 0.1) is 0 Å². The lowest BCUT2D eigenvalue weighted by molar-refractivity contribution is -0.119. The molecule has 0 spiro atoms. The van der Waals surface area contributed by atoms with Crippen LogP contribution in [0, 0.1) is 6.92 Å². The smallest absolute Gasteiger partial charge is 0.220 e. The molecule has 6 heteroatoms. The van der Waals surface area contributed by atoms with Gasteiger partial charge in [-0.15, -0.1) is 0 Å². The highest BCUT2D eigenvalue weighted by atomic mass is 16.1. The number of amides is 1. The summed E-state index contributed by atoms with van der Waals surface area (Å²) in [7, 11) is 0. The lowest BCUT2D eigenvalue weighted by Gasteiger charge is -2.13. The second kappa shape index (κ2) is 4.29. The fourth-order valence-electron chi connectivity index (χ4n) is 2.24. The van der Waals surface area contributed by atoms with Gasteiger partial charge >= 0.3 is 0 Å². The first-order chi connectivity index (χ1) is 8.72. The van der Waals surface area contributed by atoms with Crippen molar-refractivity contribution in [3.63, 3.8) is 0 Å². The first-order valence-electron chi connectivity index (χ1n) is 6.06. The summed E-state index contributed by atoms with van der Waals surface area (Å²) in [6.07, 6.45) is 3.05. The molecule has 1 unspecified atom stereocenters. The van der Waals surface area contributed by atoms with Crippen molar-refractivity contribution in [2.24, 2.45) is 0 Å². The summed E-state index contributed by atoms with van der Waals surface area (Å²) in [5, 5.41) is 10.4. The van der Waals surface area contributed by atoms with Gasteiger partial charge in [-0.2, -0.15) is 9.61 Å². The van der Waals surface area contributed by atoms with E-state index in [0.29, 0.717) is 13.0 Å². The third kappa shape index (κ3) is 2.01. The van der Waals surface area contributed by atoms with Gasteiger partial charge in [0.1, 0.15) is 12.1 Å². The molecule has 1 amide bonds. The summed E-state index contributed by atoms with van der Waals surface area (Å²) in [4.78, 5) is 15.3. The van der Waals surface area contributed by atoms with Crippen LogP contribution in [-0.2, 0) is 4.79 Å². The van der Waals surface area contributed by atoms with Crippen LogP contribution in [0.4, 0.5) is 5.82 Å². The zero-order chi connectivity index (χ0) is 12.5. The van der Waals surface area contributed by atoms with E-state index in [1.54, 1.807) is 4.52 Å². The summed E-state index contributed by atoms with van der Waals surface area (Å²) < 4.78 is 1.77. The van der Waals surface area contributed by atoms with Crippen LogP contribution in [0.1, 0.15) is 18.4 Å². The summed E-state index contributed by atoms with van der Waals surface area (Å²) >= 11 is 0. The Balaban J connectivity index is 1.77. The van der Waals surface area contributed by atoms with Crippen LogP contribution in [0.15, 0.2) is 18.5 Å². The van der Waals surface area contributed by atoms with E-state index in [1.165, 1.54) is 6.33 Å². The van der Waals surface area contributed by atoms with Crippen LogP contribution in [-0.4, -0.2) is 33.1 Å². The summed E-state index contributed by atoms with van der Waals surface area (Å²) in [5.41, 5.74) is 1.96. The maximum atomic E-state index is 11.1. The molecule has 2 aromatic rings. The molecule has 2 N–H and O–H groups in total. The maximum Gasteiger partial charge on any atom is 0.220 e. The van der Waals surface area contributed by atoms with Crippen LogP contribution < -0.4 is 10.6 Å². The van der Waals surface area contributed by atoms with Crippen molar-refractivity contribution in [2.75, 3.05) is 11.9 Å². The number of aromatic nitrogens is 3. The average molecular weight is 245 g/mol. The van der Waals surface area contributed by atoms with Crippen molar-refractivity contribution in [3.05, 3.63) is 24.0 Å². The standard InChI is InChI=1S/C12H15N5O/c1-8-4-10(17-11(5-8)14-7-15-17)13-6-9-2-3-12(18)16-9/h4-5,7,9,13H,2-3,6H2,1H3,(H,16,18). The topological polar surface area (TPSA) is 71.3 Å². The fraction of sp³-hybridized carbons (Fsp3) is 0.417. The van der Waals surface area contributed by atoms with Crippen LogP contribution in [0.2, 0.25) is 0 Å². The Morgan fingerprint density at radius 2 is 2.44 bits per heavy atom. The third-order valence-corrected chi connectivity index (χ3v) is 3.14. The molecular formula is C12H15N5O. The van der Waals surface area contributed by atoms with Gasteiger partial charge in [-0.25, -0.2) is 4.98 Å². The molecule has 3 rings (SSSR count). The van der Waals surface area contributed by atoms with Crippen molar-refractivity contribution >= 4 is 17.4 Å². The second-order valence-corrected chi connectivity index (χ2v) is 4.63. The number of rotatable bonds is 3. The summed E-state index contributed by atoms with van der Waals surface area (Å²) in [6, 6.07) is 4.21. The molecule has 3 heterocycles. The number of aryl methyl sites for hydroxylation is 1. The van der Waals surface area contributed by atoms with E-state index in [2.05, 4.69) is 20.7 Å². The monoisotopic (exact) mass is 245 g/mol. The minimum atomic E-state index is 0.136. The number of pyridine rings is 1. The first kappa shape index (κ1) is 11.0. The van der Waals surface area contributed by atoms with E-state index >= 15 is 0 Å². The minimum Gasteiger partial charge on any atom is -0.368 e. The molecule has 6 nitrogen and oxygen atoms in total. The molecule has 1 aliphatic rings. The van der Waals surface area contributed by atoms with Gasteiger partial charge < -0.3 is 10.6 Å². The predicted octanol–water partition coefficient (Wildman–Crippen LogP) is 0.728. The molecule has 1 saturated heterocycles. The maximum absolute atomic E-state index is 11.1. The Kier molecular flexibility index (Phi) is 2.62. The molecular weight excluding hydrogens is 230 g/mol. The fourth-order valence-corrected chi connectivity index (χ4v) is 2.24. The van der Waals surface area contributed by atoms with E-state index in [-0.39, 0.29) is 11.9 Å². The number of fused-ring (bicyclic) bond motifs is 1. The molecule has 94 valence electrons. The van der Waals surface area contributed by atoms with Crippen molar-refractivity contribution in [2.45, 2.75) is 25.8 Å². The summed E-state index contributed by atoms with van der Waals surface area (Å²) in [6.45, 7) is 2.74. The predicted molar refractivity (Wildman–Crippen MR) is 67.4 cm³/mol. The van der Waals surface area contributed by atoms with E-state index < -0.39 is 0 Å². The Labute approximate surface area is 104 Å². The van der Waals surface area contributed by atoms with Gasteiger partial charge in [0, 0.05) is 19.0 Å². The van der Waals surface area contributed by atoms with E-state index in [1.807, 2.05) is 19.1 Å². The molecule has 1 atom stereocenters. The van der Waals surface area contributed by atoms with Gasteiger partial charge in [0.2, 0.25) is 5.91 Å². The molecule has 0 bridgehead atoms. The number of carbonyl (C=O) groups excluding carboxylic acids is 1. The number of hydrogen-bond donors (Lipinski definition) is 2. The molecule has 18 heavy (non-hydrogen) atoms. The molecule has 0 saturated carbocycles. The highest BCUT2D eigenvalue weighted by molar-refractivity contribution is 5.78. The third-order valence-electron chi connectivity index (χ3n) is 3.14. The van der Waals surface area contributed by atoms with Crippen molar-refractivity contribution in [3.8, 4) is 0 Å². The number of anilines is 1. The molecule has 0 radical (unpaired) electrons. The van der Waals surface area contributed by atoms with Gasteiger partial charge in [0.25, 0.3) is 0 Å². The highest BCUT2D eigenvalue weighted by Gasteiger charge is 2.20. The highest BCUT2D eigenvalue weighted by Crippen LogP contribution is 2.14. The quantitative estimate of drug-likeness (QED) is 0.836. The first-order valence-corrected chi connectivity index (χ1v) is 6.06. The van der Waals surface area contributed by atoms with Crippen molar-refractivity contribution in [1.29, 1.82) is 0 Å². The van der Waals surface area contributed by atoms with Crippen LogP contribution in [0.5, 0.6) is 0 Å². The van der Waals surface area contributed by atoms with Crippen molar-refractivity contribution < 1.29 is 4.79 Å². The van der Waals surface area contributed by atoms with Gasteiger partial charge in [0.15, 0.2) is 5.65 Å². The van der Waals surface area contributed by atoms with Crippen LogP contribution in [0.25, 0.3) is 5.65 Å². The van der Waals surface area contributed by atoms with Gasteiger partial charge in [-0.05, 0) is 31.0 Å². The molecule has 0 aliphatic carbocycles. The summed E-state index contributed by atoms with van der Waals surface area (Å²) in [5.74, 6) is 1.04. The zero-order valence-corrected chi connectivity index (χ0v) is 10.2. The Hall–Kier alpha value is -2.11. The van der Waals surface area contributed by atoms with E-state index in [9.17, 15) is 4.79 Å². The lowest BCUT2D eigenvalue weighted by Crippen LogP contribution is -2.32. The van der Waals surface area contributed by atoms with Gasteiger partial charge in [-0.3, -0.25) is 4.79 Å². The Bertz CT molecular complexity index is 591. The molecule has 1 aliphatic heterocycles. The normalized spacial score (nSPS) is 19.2. The van der Waals surface area contributed by atoms with Crippen molar-refractivity contribution in [1.82, 2.24) is 19.9 Å². The molecule has 1 fully saturated rings. The minimum absolute atomic E-state index is 0.136. The number of nitrogens with one attached hydrogen (secondary N) is 2. The van der Waals surface area contributed by atoms with Crippen LogP contribution >= 0.6 is 0 Å². The largest absolute Gasteiger partial charge is 0.368 e. The Morgan fingerprint density at radius 3 is 3.22 bits per heavy atom. The number of carbonyl (C=O) groups is 1. The van der Waals surface area contributed by atoms with E-state index in [0.717, 1.165) is 23.4 Å². The second-order valence-electron chi connectivity index (χ2n) is 4.63. The van der Waals surface area contributed by atoms with Gasteiger partial charge in [-0.1, -0.05) is 0 Å². The SMILES string of the molecule is Cc1cc(NCC2CCC(=O)N2)n2ncnc2c1. The number of nitrogens with zero attached hydrogens (tertiary/aromatic N) is 3. The van der Waals surface area contributed by atoms with Crippen LogP contribution in [0.3, 0.4) is 0 Å². The average Bonchev–Trinajstić information content (AvgIpc) is 2.94. The lowest BCUT2D eigenvalue weighted by atomic mass is 10.2.